The van der Waals surface area contributed by atoms with E-state index in [0.29, 0.717) is 24.6 Å². The smallest absolute Gasteiger partial charge is 0.254 e. The highest BCUT2D eigenvalue weighted by molar-refractivity contribution is 5.94. The maximum Gasteiger partial charge on any atom is 0.254 e. The minimum Gasteiger partial charge on any atom is -0.347 e. The van der Waals surface area contributed by atoms with E-state index in [0.717, 1.165) is 41.6 Å². The van der Waals surface area contributed by atoms with Gasteiger partial charge < -0.3 is 9.80 Å². The molecule has 0 unspecified atom stereocenters. The van der Waals surface area contributed by atoms with Gasteiger partial charge in [-0.25, -0.2) is 14.4 Å². The van der Waals surface area contributed by atoms with Gasteiger partial charge in [0.1, 0.15) is 5.82 Å². The fraction of sp³-hybridized carbons (Fsp3) is 0.286. The number of carbonyl (C=O) groups is 1. The molecule has 1 aliphatic heterocycles. The summed E-state index contributed by atoms with van der Waals surface area (Å²) >= 11 is 0. The van der Waals surface area contributed by atoms with Crippen LogP contribution in [0.15, 0.2) is 73.2 Å². The van der Waals surface area contributed by atoms with Crippen molar-refractivity contribution in [1.82, 2.24) is 24.6 Å². The Hall–Kier alpha value is -4.07. The molecular weight excluding hydrogens is 455 g/mol. The molecule has 0 aliphatic carbocycles. The van der Waals surface area contributed by atoms with Gasteiger partial charge in [-0.1, -0.05) is 24.3 Å². The largest absolute Gasteiger partial charge is 0.347 e. The number of halogens is 1. The van der Waals surface area contributed by atoms with Gasteiger partial charge in [-0.05, 0) is 60.7 Å². The molecule has 1 saturated heterocycles. The van der Waals surface area contributed by atoms with Crippen molar-refractivity contribution < 1.29 is 9.18 Å². The van der Waals surface area contributed by atoms with Crippen LogP contribution in [0.4, 0.5) is 10.3 Å². The Morgan fingerprint density at radius 3 is 2.56 bits per heavy atom. The van der Waals surface area contributed by atoms with E-state index in [4.69, 9.17) is 4.98 Å². The second kappa shape index (κ2) is 10.3. The molecule has 8 heteroatoms. The van der Waals surface area contributed by atoms with Gasteiger partial charge in [0.05, 0.1) is 18.3 Å². The van der Waals surface area contributed by atoms with Crippen LogP contribution in [0.1, 0.15) is 46.9 Å². The average Bonchev–Trinajstić information content (AvgIpc) is 3.42. The summed E-state index contributed by atoms with van der Waals surface area (Å²) in [5.41, 5.74) is 4.17. The minimum atomic E-state index is -0.295. The van der Waals surface area contributed by atoms with Crippen molar-refractivity contribution in [3.63, 3.8) is 0 Å². The predicted molar refractivity (Wildman–Crippen MR) is 137 cm³/mol. The summed E-state index contributed by atoms with van der Waals surface area (Å²) < 4.78 is 15.5. The number of nitrogens with zero attached hydrogens (tertiary/aromatic N) is 6. The predicted octanol–water partition coefficient (Wildman–Crippen LogP) is 4.96. The lowest BCUT2D eigenvalue weighted by Crippen LogP contribution is -2.39. The highest BCUT2D eigenvalue weighted by Crippen LogP contribution is 2.37. The Morgan fingerprint density at radius 1 is 1.08 bits per heavy atom. The van der Waals surface area contributed by atoms with Crippen LogP contribution in [0.25, 0.3) is 11.1 Å². The molecule has 7 nitrogen and oxygen atoms in total. The van der Waals surface area contributed by atoms with E-state index in [2.05, 4.69) is 10.1 Å². The third-order valence-corrected chi connectivity index (χ3v) is 6.54. The van der Waals surface area contributed by atoms with Crippen molar-refractivity contribution in [1.29, 1.82) is 0 Å². The summed E-state index contributed by atoms with van der Waals surface area (Å²) in [6.45, 7) is 1.31. The molecule has 0 saturated carbocycles. The van der Waals surface area contributed by atoms with Gasteiger partial charge in [0.25, 0.3) is 5.91 Å². The van der Waals surface area contributed by atoms with Gasteiger partial charge in [0.15, 0.2) is 0 Å². The molecule has 2 aromatic heterocycles. The molecule has 0 bridgehead atoms. The first-order valence-electron chi connectivity index (χ1n) is 12.2. The molecule has 184 valence electrons. The highest BCUT2D eigenvalue weighted by atomic mass is 19.1. The Balaban J connectivity index is 1.47. The number of anilines is 1. The number of aromatic nitrogens is 4. The lowest BCUT2D eigenvalue weighted by atomic mass is 9.93. The van der Waals surface area contributed by atoms with Gasteiger partial charge in [-0.3, -0.25) is 9.48 Å². The lowest BCUT2D eigenvalue weighted by Gasteiger charge is -2.36. The molecule has 0 spiro atoms. The number of piperidine rings is 1. The number of amides is 1. The summed E-state index contributed by atoms with van der Waals surface area (Å²) in [6.07, 6.45) is 8.20. The Morgan fingerprint density at radius 2 is 1.86 bits per heavy atom. The molecule has 2 aromatic carbocycles. The minimum absolute atomic E-state index is 0.0135. The zero-order valence-corrected chi connectivity index (χ0v) is 20.5. The summed E-state index contributed by atoms with van der Waals surface area (Å²) in [5, 5.41) is 4.25. The zero-order chi connectivity index (χ0) is 25.1. The van der Waals surface area contributed by atoms with E-state index in [-0.39, 0.29) is 17.8 Å². The van der Waals surface area contributed by atoms with Crippen LogP contribution in [0.3, 0.4) is 0 Å². The lowest BCUT2D eigenvalue weighted by molar-refractivity contribution is 0.0607. The first-order valence-corrected chi connectivity index (χ1v) is 12.2. The van der Waals surface area contributed by atoms with E-state index in [1.54, 1.807) is 24.5 Å². The van der Waals surface area contributed by atoms with Crippen molar-refractivity contribution in [2.24, 2.45) is 0 Å². The van der Waals surface area contributed by atoms with Crippen LogP contribution in [0.2, 0.25) is 0 Å². The van der Waals surface area contributed by atoms with Crippen molar-refractivity contribution >= 4 is 11.9 Å². The second-order valence-electron chi connectivity index (χ2n) is 9.28. The van der Waals surface area contributed by atoms with Crippen LogP contribution in [0, 0.1) is 5.82 Å². The van der Waals surface area contributed by atoms with Crippen LogP contribution in [-0.4, -0.2) is 51.2 Å². The van der Waals surface area contributed by atoms with Crippen molar-refractivity contribution in [3.8, 4) is 11.1 Å². The first-order chi connectivity index (χ1) is 17.5. The third kappa shape index (κ3) is 4.98. The van der Waals surface area contributed by atoms with Crippen LogP contribution in [-0.2, 0) is 6.54 Å². The fourth-order valence-corrected chi connectivity index (χ4v) is 4.67. The topological polar surface area (TPSA) is 67.2 Å². The SMILES string of the molecule is CN(C)c1ncc(-c2ccc(F)cc2)c([C@H]2CCCCN2C(=O)c2ccc(Cn3cccn3)cc2)n1. The van der Waals surface area contributed by atoms with E-state index >= 15 is 0 Å². The van der Waals surface area contributed by atoms with Crippen LogP contribution in [0.5, 0.6) is 0 Å². The summed E-state index contributed by atoms with van der Waals surface area (Å²) in [7, 11) is 3.79. The third-order valence-electron chi connectivity index (χ3n) is 6.54. The van der Waals surface area contributed by atoms with Crippen molar-refractivity contribution in [2.45, 2.75) is 31.8 Å². The fourth-order valence-electron chi connectivity index (χ4n) is 4.67. The molecule has 3 heterocycles. The normalized spacial score (nSPS) is 15.6. The zero-order valence-electron chi connectivity index (χ0n) is 20.5. The van der Waals surface area contributed by atoms with Gasteiger partial charge >= 0.3 is 0 Å². The molecular formula is C28H29FN6O. The standard InChI is InChI=1S/C28H29FN6O/c1-33(2)28-30-18-24(21-11-13-23(29)14-12-21)26(32-28)25-6-3-4-17-35(25)27(36)22-9-7-20(8-10-22)19-34-16-5-15-31-34/h5,7-16,18,25H,3-4,6,17,19H2,1-2H3/t25-/m1/s1. The monoisotopic (exact) mass is 484 g/mol. The number of hydrogen-bond donors (Lipinski definition) is 0. The maximum atomic E-state index is 13.7. The summed E-state index contributed by atoms with van der Waals surface area (Å²) in [6, 6.07) is 15.8. The molecule has 36 heavy (non-hydrogen) atoms. The Bertz CT molecular complexity index is 1320. The molecule has 1 amide bonds. The Labute approximate surface area is 210 Å². The first kappa shape index (κ1) is 23.7. The van der Waals surface area contributed by atoms with E-state index in [1.807, 2.05) is 65.1 Å². The van der Waals surface area contributed by atoms with Crippen molar-refractivity contribution in [2.75, 3.05) is 25.5 Å². The average molecular weight is 485 g/mol. The molecule has 0 radical (unpaired) electrons. The maximum absolute atomic E-state index is 13.7. The molecule has 1 atom stereocenters. The molecule has 4 aromatic rings. The number of likely N-dealkylation sites (tertiary alicyclic amines) is 1. The molecule has 1 fully saturated rings. The summed E-state index contributed by atoms with van der Waals surface area (Å²) in [4.78, 5) is 26.9. The highest BCUT2D eigenvalue weighted by Gasteiger charge is 2.32. The second-order valence-corrected chi connectivity index (χ2v) is 9.28. The van der Waals surface area contributed by atoms with Gasteiger partial charge in [0.2, 0.25) is 5.95 Å². The van der Waals surface area contributed by atoms with E-state index < -0.39 is 0 Å². The van der Waals surface area contributed by atoms with E-state index in [1.165, 1.54) is 12.1 Å². The summed E-state index contributed by atoms with van der Waals surface area (Å²) in [5.74, 6) is 0.272. The number of benzene rings is 2. The van der Waals surface area contributed by atoms with Crippen LogP contribution < -0.4 is 4.90 Å². The van der Waals surface area contributed by atoms with Gasteiger partial charge in [-0.15, -0.1) is 0 Å². The van der Waals surface area contributed by atoms with Gasteiger partial charge in [0, 0.05) is 50.4 Å². The Kier molecular flexibility index (Phi) is 6.75. The number of carbonyl (C=O) groups excluding carboxylic acids is 1. The number of rotatable bonds is 6. The van der Waals surface area contributed by atoms with Crippen LogP contribution >= 0.6 is 0 Å². The molecule has 1 aliphatic rings. The quantitative estimate of drug-likeness (QED) is 0.387. The van der Waals surface area contributed by atoms with Gasteiger partial charge in [-0.2, -0.15) is 5.10 Å². The number of hydrogen-bond acceptors (Lipinski definition) is 5. The van der Waals surface area contributed by atoms with E-state index in [9.17, 15) is 9.18 Å². The molecule has 5 rings (SSSR count). The molecule has 0 N–H and O–H groups in total. The van der Waals surface area contributed by atoms with Crippen molar-refractivity contribution in [3.05, 3.63) is 95.8 Å².